The van der Waals surface area contributed by atoms with Crippen LogP contribution in [-0.4, -0.2) is 95.2 Å². The lowest BCUT2D eigenvalue weighted by molar-refractivity contribution is -0.157. The number of hydrogen-bond acceptors (Lipinski definition) is 9. The predicted octanol–water partition coefficient (Wildman–Crippen LogP) is 1.35. The van der Waals surface area contributed by atoms with E-state index in [1.165, 1.54) is 32.6 Å². The molecule has 1 aliphatic rings. The molecule has 0 bridgehead atoms. The van der Waals surface area contributed by atoms with Crippen molar-refractivity contribution in [3.63, 3.8) is 0 Å². The fraction of sp³-hybridized carbons (Fsp3) is 0.824. The first kappa shape index (κ1) is 42.8. The molecule has 0 aromatic heterocycles. The summed E-state index contributed by atoms with van der Waals surface area (Å²) in [6, 6.07) is -6.82. The number of amides is 5. The van der Waals surface area contributed by atoms with Gasteiger partial charge in [-0.05, 0) is 25.2 Å². The largest absolute Gasteiger partial charge is 0.458 e. The maximum Gasteiger partial charge on any atom is 0.329 e. The quantitative estimate of drug-likeness (QED) is 0.0870. The van der Waals surface area contributed by atoms with Crippen LogP contribution < -0.4 is 26.6 Å². The average Bonchev–Trinajstić information content (AvgIpc) is 3.07. The van der Waals surface area contributed by atoms with E-state index in [1.807, 2.05) is 13.8 Å². The fourth-order valence-electron chi connectivity index (χ4n) is 5.35. The Morgan fingerprint density at radius 3 is 1.67 bits per heavy atom. The maximum absolute atomic E-state index is 13.5. The van der Waals surface area contributed by atoms with E-state index in [4.69, 9.17) is 4.74 Å². The average molecular weight is 684 g/mol. The molecule has 0 saturated carbocycles. The number of rotatable bonds is 17. The second-order valence-corrected chi connectivity index (χ2v) is 13.0. The number of aliphatic hydroxyl groups is 2. The monoisotopic (exact) mass is 683 g/mol. The predicted molar refractivity (Wildman–Crippen MR) is 180 cm³/mol. The Bertz CT molecular complexity index is 1040. The van der Waals surface area contributed by atoms with E-state index < -0.39 is 96.9 Å². The minimum absolute atomic E-state index is 0.125. The van der Waals surface area contributed by atoms with E-state index in [-0.39, 0.29) is 6.42 Å². The molecule has 5 amide bonds. The number of unbranched alkanes of at least 4 members (excludes halogenated alkanes) is 8. The molecule has 1 saturated heterocycles. The highest BCUT2D eigenvalue weighted by atomic mass is 16.5. The van der Waals surface area contributed by atoms with E-state index in [1.54, 1.807) is 13.8 Å². The number of cyclic esters (lactones) is 1. The molecule has 1 rings (SSSR count). The molecule has 276 valence electrons. The minimum atomic E-state index is -1.58. The Hall–Kier alpha value is -3.26. The third-order valence-electron chi connectivity index (χ3n) is 9.07. The number of aliphatic hydroxyl groups excluding tert-OH is 2. The third kappa shape index (κ3) is 14.5. The van der Waals surface area contributed by atoms with Crippen LogP contribution in [0.1, 0.15) is 119 Å². The van der Waals surface area contributed by atoms with Gasteiger partial charge in [-0.1, -0.05) is 98.8 Å². The first-order chi connectivity index (χ1) is 22.8. The summed E-state index contributed by atoms with van der Waals surface area (Å²) in [5.74, 6) is -5.55. The van der Waals surface area contributed by atoms with Gasteiger partial charge in [-0.3, -0.25) is 24.0 Å². The van der Waals surface area contributed by atoms with Gasteiger partial charge in [0.15, 0.2) is 0 Å². The highest BCUT2D eigenvalue weighted by Crippen LogP contribution is 2.16. The highest BCUT2D eigenvalue weighted by Gasteiger charge is 2.38. The Morgan fingerprint density at radius 1 is 0.688 bits per heavy atom. The molecule has 48 heavy (non-hydrogen) atoms. The molecule has 1 aliphatic heterocycles. The van der Waals surface area contributed by atoms with Crippen LogP contribution in [0.25, 0.3) is 0 Å². The molecular weight excluding hydrogens is 622 g/mol. The molecular formula is C34H61N5O9. The van der Waals surface area contributed by atoms with Crippen molar-refractivity contribution in [2.45, 2.75) is 155 Å². The fourth-order valence-corrected chi connectivity index (χ4v) is 5.35. The summed E-state index contributed by atoms with van der Waals surface area (Å²) in [6.07, 6.45) is 9.33. The Labute approximate surface area is 285 Å². The van der Waals surface area contributed by atoms with Gasteiger partial charge in [0.2, 0.25) is 29.5 Å². The molecule has 0 aromatic carbocycles. The number of ether oxygens (including phenoxy) is 1. The smallest absolute Gasteiger partial charge is 0.329 e. The topological polar surface area (TPSA) is 212 Å². The van der Waals surface area contributed by atoms with E-state index in [0.29, 0.717) is 19.3 Å². The Balaban J connectivity index is 3.28. The lowest BCUT2D eigenvalue weighted by atomic mass is 9.95. The molecule has 0 radical (unpaired) electrons. The van der Waals surface area contributed by atoms with Gasteiger partial charge in [-0.15, -0.1) is 0 Å². The zero-order valence-electron chi connectivity index (χ0n) is 29.8. The van der Waals surface area contributed by atoms with Gasteiger partial charge >= 0.3 is 5.97 Å². The van der Waals surface area contributed by atoms with Crippen molar-refractivity contribution in [1.29, 1.82) is 0 Å². The summed E-state index contributed by atoms with van der Waals surface area (Å²) in [7, 11) is 0. The zero-order chi connectivity index (χ0) is 36.2. The van der Waals surface area contributed by atoms with E-state index in [0.717, 1.165) is 25.7 Å². The zero-order valence-corrected chi connectivity index (χ0v) is 29.8. The van der Waals surface area contributed by atoms with Gasteiger partial charge in [-0.2, -0.15) is 0 Å². The van der Waals surface area contributed by atoms with Gasteiger partial charge in [0.25, 0.3) is 0 Å². The summed E-state index contributed by atoms with van der Waals surface area (Å²) >= 11 is 0. The van der Waals surface area contributed by atoms with Crippen LogP contribution >= 0.6 is 0 Å². The standard InChI is InChI=1S/C34H61N5O9/c1-7-10-11-12-13-14-15-16-17-18-26(42)37-29-23(6)48-34(47)28(22(5)9-3)39-32(45)27(21(4)8-2)38-31(44)25(20-41)35-30(43)24(19-40)36-33(29)46/h21-25,27-29,40-41H,7-20H2,1-6H3,(H,35,43)(H,36,46)(H,37,42)(H,38,44)(H,39,45)/t21-,22+,23-,24-,25+,27-,28?,29+/m1/s1. The molecule has 0 aromatic rings. The number of carbonyl (C=O) groups excluding carboxylic acids is 6. The van der Waals surface area contributed by atoms with Gasteiger partial charge in [-0.25, -0.2) is 4.79 Å². The molecule has 1 heterocycles. The van der Waals surface area contributed by atoms with Crippen molar-refractivity contribution in [2.24, 2.45) is 11.8 Å². The lowest BCUT2D eigenvalue weighted by Gasteiger charge is -2.32. The highest BCUT2D eigenvalue weighted by molar-refractivity contribution is 5.96. The van der Waals surface area contributed by atoms with Crippen molar-refractivity contribution in [3.05, 3.63) is 0 Å². The second kappa shape index (κ2) is 23.2. The summed E-state index contributed by atoms with van der Waals surface area (Å²) in [4.78, 5) is 79.6. The van der Waals surface area contributed by atoms with Gasteiger partial charge in [0.05, 0.1) is 13.2 Å². The Morgan fingerprint density at radius 2 is 1.15 bits per heavy atom. The third-order valence-corrected chi connectivity index (χ3v) is 9.07. The molecule has 7 N–H and O–H groups in total. The lowest BCUT2D eigenvalue weighted by Crippen LogP contribution is -2.63. The molecule has 0 spiro atoms. The first-order valence-corrected chi connectivity index (χ1v) is 17.8. The van der Waals surface area contributed by atoms with Crippen molar-refractivity contribution >= 4 is 35.5 Å². The summed E-state index contributed by atoms with van der Waals surface area (Å²) in [5.41, 5.74) is 0. The van der Waals surface area contributed by atoms with Gasteiger partial charge < -0.3 is 41.5 Å². The van der Waals surface area contributed by atoms with Crippen LogP contribution in [0, 0.1) is 11.8 Å². The van der Waals surface area contributed by atoms with Crippen LogP contribution in [0.4, 0.5) is 0 Å². The van der Waals surface area contributed by atoms with Crippen molar-refractivity contribution < 1.29 is 43.7 Å². The van der Waals surface area contributed by atoms with E-state index in [9.17, 15) is 39.0 Å². The van der Waals surface area contributed by atoms with Crippen LogP contribution in [0.2, 0.25) is 0 Å². The first-order valence-electron chi connectivity index (χ1n) is 17.8. The molecule has 1 fully saturated rings. The molecule has 14 nitrogen and oxygen atoms in total. The Kier molecular flexibility index (Phi) is 20.6. The summed E-state index contributed by atoms with van der Waals surface area (Å²) in [5, 5.41) is 32.4. The van der Waals surface area contributed by atoms with E-state index in [2.05, 4.69) is 33.5 Å². The molecule has 0 aliphatic carbocycles. The minimum Gasteiger partial charge on any atom is -0.458 e. The number of carbonyl (C=O) groups is 6. The second-order valence-electron chi connectivity index (χ2n) is 13.0. The van der Waals surface area contributed by atoms with Crippen LogP contribution in [0.3, 0.4) is 0 Å². The molecule has 8 atom stereocenters. The normalized spacial score (nSPS) is 26.0. The summed E-state index contributed by atoms with van der Waals surface area (Å²) in [6.45, 7) is 8.99. The SMILES string of the molecule is CCCCCCCCCCCC(=O)N[C@@H]1C(=O)N[C@H](CO)C(=O)N[C@@H](CO)C(=O)N[C@H]([C@H](C)CC)C(=O)NC([C@@H](C)CC)C(=O)O[C@@H]1C. The van der Waals surface area contributed by atoms with Crippen LogP contribution in [-0.2, 0) is 33.5 Å². The molecule has 14 heteroatoms. The number of hydrogen-bond donors (Lipinski definition) is 7. The van der Waals surface area contributed by atoms with Crippen molar-refractivity contribution in [3.8, 4) is 0 Å². The molecule has 1 unspecified atom stereocenters. The van der Waals surface area contributed by atoms with Gasteiger partial charge in [0, 0.05) is 6.42 Å². The maximum atomic E-state index is 13.5. The van der Waals surface area contributed by atoms with Crippen molar-refractivity contribution in [1.82, 2.24) is 26.6 Å². The van der Waals surface area contributed by atoms with Gasteiger partial charge in [0.1, 0.15) is 36.3 Å². The van der Waals surface area contributed by atoms with Crippen LogP contribution in [0.15, 0.2) is 0 Å². The number of nitrogens with one attached hydrogen (secondary N) is 5. The van der Waals surface area contributed by atoms with Crippen LogP contribution in [0.5, 0.6) is 0 Å². The van der Waals surface area contributed by atoms with Crippen molar-refractivity contribution in [2.75, 3.05) is 13.2 Å². The number of esters is 1. The van der Waals surface area contributed by atoms with E-state index >= 15 is 0 Å². The summed E-state index contributed by atoms with van der Waals surface area (Å²) < 4.78 is 5.68.